The average molecular weight is 249 g/mol. The number of carbonyl (C=O) groups excluding carboxylic acids is 1. The van der Waals surface area contributed by atoms with Crippen molar-refractivity contribution in [2.45, 2.75) is 46.2 Å². The molecule has 0 aromatic carbocycles. The van der Waals surface area contributed by atoms with Crippen molar-refractivity contribution in [3.63, 3.8) is 0 Å². The first-order chi connectivity index (χ1) is 8.30. The Balaban J connectivity index is 2.51. The molecule has 0 saturated heterocycles. The maximum absolute atomic E-state index is 11.9. The minimum Gasteiger partial charge on any atom is -0.348 e. The topological polar surface area (TPSA) is 68.0 Å². The van der Waals surface area contributed by atoms with E-state index in [-0.39, 0.29) is 23.4 Å². The van der Waals surface area contributed by atoms with Crippen molar-refractivity contribution in [2.75, 3.05) is 0 Å². The summed E-state index contributed by atoms with van der Waals surface area (Å²) in [5.74, 6) is -0.0319. The predicted molar refractivity (Wildman–Crippen MR) is 72.8 cm³/mol. The molecular formula is C14H23N3O. The van der Waals surface area contributed by atoms with Gasteiger partial charge in [-0.1, -0.05) is 26.8 Å². The highest BCUT2D eigenvalue weighted by Gasteiger charge is 2.23. The number of hydrogen-bond donors (Lipinski definition) is 2. The van der Waals surface area contributed by atoms with E-state index in [9.17, 15) is 4.79 Å². The van der Waals surface area contributed by atoms with Gasteiger partial charge in [0.25, 0.3) is 0 Å². The standard InChI is InChI=1S/C14H23N3O/c1-10(11-7-5-6-8-16-11)17-13(18)9-12(15)14(2,3)4/h5-8,10,12H,9,15H2,1-4H3,(H,17,18)/t10-,12?/m0/s1. The van der Waals surface area contributed by atoms with Gasteiger partial charge in [0.2, 0.25) is 5.91 Å². The number of rotatable bonds is 4. The summed E-state index contributed by atoms with van der Waals surface area (Å²) < 4.78 is 0. The quantitative estimate of drug-likeness (QED) is 0.858. The van der Waals surface area contributed by atoms with E-state index in [0.29, 0.717) is 6.42 Å². The van der Waals surface area contributed by atoms with Gasteiger partial charge in [-0.15, -0.1) is 0 Å². The van der Waals surface area contributed by atoms with Crippen molar-refractivity contribution < 1.29 is 4.79 Å². The van der Waals surface area contributed by atoms with Gasteiger partial charge in [0.15, 0.2) is 0 Å². The lowest BCUT2D eigenvalue weighted by Gasteiger charge is -2.27. The van der Waals surface area contributed by atoms with Crippen LogP contribution in [0.5, 0.6) is 0 Å². The van der Waals surface area contributed by atoms with Crippen LogP contribution in [0.15, 0.2) is 24.4 Å². The largest absolute Gasteiger partial charge is 0.348 e. The Kier molecular flexibility index (Phi) is 4.84. The lowest BCUT2D eigenvalue weighted by molar-refractivity contribution is -0.122. The van der Waals surface area contributed by atoms with Crippen molar-refractivity contribution in [3.05, 3.63) is 30.1 Å². The number of nitrogens with zero attached hydrogens (tertiary/aromatic N) is 1. The first-order valence-corrected chi connectivity index (χ1v) is 6.26. The normalized spacial score (nSPS) is 14.9. The lowest BCUT2D eigenvalue weighted by Crippen LogP contribution is -2.40. The number of nitrogens with two attached hydrogens (primary N) is 1. The molecule has 0 spiro atoms. The zero-order valence-corrected chi connectivity index (χ0v) is 11.6. The van der Waals surface area contributed by atoms with Gasteiger partial charge in [-0.3, -0.25) is 9.78 Å². The molecule has 1 heterocycles. The van der Waals surface area contributed by atoms with Crippen LogP contribution >= 0.6 is 0 Å². The summed E-state index contributed by atoms with van der Waals surface area (Å²) in [7, 11) is 0. The second-order valence-corrected chi connectivity index (χ2v) is 5.72. The maximum atomic E-state index is 11.9. The van der Waals surface area contributed by atoms with Crippen LogP contribution in [0.1, 0.15) is 45.9 Å². The fraction of sp³-hybridized carbons (Fsp3) is 0.571. The molecule has 0 bridgehead atoms. The molecular weight excluding hydrogens is 226 g/mol. The van der Waals surface area contributed by atoms with E-state index in [1.165, 1.54) is 0 Å². The van der Waals surface area contributed by atoms with Crippen LogP contribution in [0.4, 0.5) is 0 Å². The fourth-order valence-electron chi connectivity index (χ4n) is 1.51. The number of pyridine rings is 1. The molecule has 18 heavy (non-hydrogen) atoms. The Morgan fingerprint density at radius 2 is 2.11 bits per heavy atom. The molecule has 1 amide bonds. The number of amides is 1. The van der Waals surface area contributed by atoms with E-state index in [2.05, 4.69) is 10.3 Å². The SMILES string of the molecule is C[C@H](NC(=O)CC(N)C(C)(C)C)c1ccccn1. The first-order valence-electron chi connectivity index (χ1n) is 6.26. The summed E-state index contributed by atoms with van der Waals surface area (Å²) in [4.78, 5) is 16.1. The number of hydrogen-bond acceptors (Lipinski definition) is 3. The van der Waals surface area contributed by atoms with Crippen LogP contribution < -0.4 is 11.1 Å². The highest BCUT2D eigenvalue weighted by Crippen LogP contribution is 2.20. The van der Waals surface area contributed by atoms with Crippen LogP contribution in [0.25, 0.3) is 0 Å². The predicted octanol–water partition coefficient (Wildman–Crippen LogP) is 2.02. The molecule has 0 fully saturated rings. The maximum Gasteiger partial charge on any atom is 0.222 e. The number of nitrogens with one attached hydrogen (secondary N) is 1. The molecule has 1 aromatic rings. The minimum atomic E-state index is -0.145. The van der Waals surface area contributed by atoms with Gasteiger partial charge in [-0.05, 0) is 24.5 Å². The average Bonchev–Trinajstić information content (AvgIpc) is 2.28. The fourth-order valence-corrected chi connectivity index (χ4v) is 1.51. The van der Waals surface area contributed by atoms with E-state index in [4.69, 9.17) is 5.73 Å². The van der Waals surface area contributed by atoms with Crippen molar-refractivity contribution >= 4 is 5.91 Å². The molecule has 100 valence electrons. The van der Waals surface area contributed by atoms with E-state index in [0.717, 1.165) is 5.69 Å². The monoisotopic (exact) mass is 249 g/mol. The summed E-state index contributed by atoms with van der Waals surface area (Å²) in [5.41, 5.74) is 6.78. The highest BCUT2D eigenvalue weighted by molar-refractivity contribution is 5.77. The molecule has 1 aromatic heterocycles. The third-order valence-corrected chi connectivity index (χ3v) is 3.03. The second kappa shape index (κ2) is 5.96. The third-order valence-electron chi connectivity index (χ3n) is 3.03. The van der Waals surface area contributed by atoms with Gasteiger partial charge in [0.05, 0.1) is 11.7 Å². The molecule has 4 heteroatoms. The molecule has 0 saturated carbocycles. The van der Waals surface area contributed by atoms with Crippen molar-refractivity contribution in [1.82, 2.24) is 10.3 Å². The van der Waals surface area contributed by atoms with Crippen molar-refractivity contribution in [3.8, 4) is 0 Å². The zero-order chi connectivity index (χ0) is 13.8. The number of aromatic nitrogens is 1. The van der Waals surface area contributed by atoms with Crippen LogP contribution in [-0.2, 0) is 4.79 Å². The van der Waals surface area contributed by atoms with E-state index in [1.54, 1.807) is 6.20 Å². The molecule has 3 N–H and O–H groups in total. The smallest absolute Gasteiger partial charge is 0.222 e. The van der Waals surface area contributed by atoms with Gasteiger partial charge >= 0.3 is 0 Å². The summed E-state index contributed by atoms with van der Waals surface area (Å²) in [6, 6.07) is 5.42. The second-order valence-electron chi connectivity index (χ2n) is 5.72. The Morgan fingerprint density at radius 1 is 1.44 bits per heavy atom. The van der Waals surface area contributed by atoms with E-state index < -0.39 is 0 Å². The molecule has 4 nitrogen and oxygen atoms in total. The lowest BCUT2D eigenvalue weighted by atomic mass is 9.85. The highest BCUT2D eigenvalue weighted by atomic mass is 16.1. The van der Waals surface area contributed by atoms with Gasteiger partial charge in [0, 0.05) is 18.7 Å². The van der Waals surface area contributed by atoms with Gasteiger partial charge < -0.3 is 11.1 Å². The van der Waals surface area contributed by atoms with Crippen LogP contribution in [0.3, 0.4) is 0 Å². The summed E-state index contributed by atoms with van der Waals surface area (Å²) >= 11 is 0. The summed E-state index contributed by atoms with van der Waals surface area (Å²) in [6.07, 6.45) is 2.06. The van der Waals surface area contributed by atoms with E-state index >= 15 is 0 Å². The zero-order valence-electron chi connectivity index (χ0n) is 11.6. The van der Waals surface area contributed by atoms with Gasteiger partial charge in [-0.2, -0.15) is 0 Å². The Labute approximate surface area is 109 Å². The first kappa shape index (κ1) is 14.6. The Bertz CT molecular complexity index is 384. The van der Waals surface area contributed by atoms with E-state index in [1.807, 2.05) is 45.9 Å². The molecule has 0 radical (unpaired) electrons. The molecule has 1 unspecified atom stereocenters. The molecule has 2 atom stereocenters. The van der Waals surface area contributed by atoms with Crippen LogP contribution in [0.2, 0.25) is 0 Å². The Hall–Kier alpha value is -1.42. The number of carbonyl (C=O) groups is 1. The minimum absolute atomic E-state index is 0.0319. The molecule has 1 rings (SSSR count). The summed E-state index contributed by atoms with van der Waals surface area (Å²) in [6.45, 7) is 8.02. The Morgan fingerprint density at radius 3 is 2.61 bits per heavy atom. The van der Waals surface area contributed by atoms with Crippen LogP contribution in [-0.4, -0.2) is 16.9 Å². The van der Waals surface area contributed by atoms with Gasteiger partial charge in [0.1, 0.15) is 0 Å². The van der Waals surface area contributed by atoms with Gasteiger partial charge in [-0.25, -0.2) is 0 Å². The van der Waals surface area contributed by atoms with Crippen molar-refractivity contribution in [2.24, 2.45) is 11.1 Å². The molecule has 0 aliphatic carbocycles. The summed E-state index contributed by atoms with van der Waals surface area (Å²) in [5, 5.41) is 2.92. The molecule has 0 aliphatic heterocycles. The third kappa shape index (κ3) is 4.45. The van der Waals surface area contributed by atoms with Crippen LogP contribution in [0, 0.1) is 5.41 Å². The van der Waals surface area contributed by atoms with Crippen molar-refractivity contribution in [1.29, 1.82) is 0 Å². The molecule has 0 aliphatic rings.